The second kappa shape index (κ2) is 11.8. The third-order valence-corrected chi connectivity index (χ3v) is 5.52. The molecule has 14 heteroatoms. The molecule has 0 bridgehead atoms. The van der Waals surface area contributed by atoms with E-state index in [0.717, 1.165) is 5.57 Å². The van der Waals surface area contributed by atoms with Crippen LogP contribution in [0.4, 0.5) is 10.7 Å². The molecule has 1 aliphatic carbocycles. The Kier molecular flexibility index (Phi) is 8.32. The molecule has 0 spiro atoms. The lowest BCUT2D eigenvalue weighted by Gasteiger charge is -2.20. The lowest BCUT2D eigenvalue weighted by atomic mass is 9.93. The predicted octanol–water partition coefficient (Wildman–Crippen LogP) is 3.35. The number of carbonyl (C=O) groups is 3. The van der Waals surface area contributed by atoms with E-state index < -0.39 is 17.6 Å². The van der Waals surface area contributed by atoms with Crippen molar-refractivity contribution in [3.05, 3.63) is 47.3 Å². The summed E-state index contributed by atoms with van der Waals surface area (Å²) in [5.41, 5.74) is 0.903. The minimum absolute atomic E-state index is 0.0322. The first-order chi connectivity index (χ1) is 18.6. The number of nitrogens with zero attached hydrogens (tertiary/aromatic N) is 5. The summed E-state index contributed by atoms with van der Waals surface area (Å²) >= 11 is 0. The van der Waals surface area contributed by atoms with Crippen LogP contribution < -0.4 is 16.0 Å². The molecule has 2 aromatic heterocycles. The van der Waals surface area contributed by atoms with Crippen molar-refractivity contribution in [3.63, 3.8) is 0 Å². The summed E-state index contributed by atoms with van der Waals surface area (Å²) in [6.45, 7) is 7.88. The number of aryl methyl sites for hydroxylation is 2. The zero-order valence-electron chi connectivity index (χ0n) is 22.1. The van der Waals surface area contributed by atoms with Gasteiger partial charge in [0, 0.05) is 31.5 Å². The van der Waals surface area contributed by atoms with E-state index in [4.69, 9.17) is 13.8 Å². The Morgan fingerprint density at radius 3 is 2.72 bits per heavy atom. The Balaban J connectivity index is 1.21. The van der Waals surface area contributed by atoms with Crippen LogP contribution in [0.5, 0.6) is 0 Å². The lowest BCUT2D eigenvalue weighted by molar-refractivity contribution is -0.121. The molecule has 4 rings (SSSR count). The highest BCUT2D eigenvalue weighted by Crippen LogP contribution is 2.30. The molecule has 2 aromatic rings. The number of allylic oxidation sites excluding steroid dienone is 3. The van der Waals surface area contributed by atoms with Crippen LogP contribution >= 0.6 is 0 Å². The molecule has 0 fully saturated rings. The van der Waals surface area contributed by atoms with Gasteiger partial charge in [-0.2, -0.15) is 4.98 Å². The topological polar surface area (TPSA) is 186 Å². The van der Waals surface area contributed by atoms with E-state index in [-0.39, 0.29) is 42.3 Å². The SMILES string of the molecule is Cc1noc(NC(=O)OC(C)(C)C)c1-c1noc(CCC(=O)NCCCNC2=C3C=CC=CC3C(=O)N=N2)n1. The highest BCUT2D eigenvalue weighted by Gasteiger charge is 2.27. The van der Waals surface area contributed by atoms with Crippen molar-refractivity contribution in [2.75, 3.05) is 18.4 Å². The highest BCUT2D eigenvalue weighted by molar-refractivity contribution is 5.88. The number of carbonyl (C=O) groups excluding carboxylic acids is 3. The van der Waals surface area contributed by atoms with Crippen molar-refractivity contribution in [1.82, 2.24) is 25.9 Å². The van der Waals surface area contributed by atoms with E-state index in [9.17, 15) is 14.4 Å². The zero-order valence-corrected chi connectivity index (χ0v) is 22.1. The van der Waals surface area contributed by atoms with E-state index in [1.807, 2.05) is 18.2 Å². The zero-order chi connectivity index (χ0) is 28.0. The molecule has 0 radical (unpaired) electrons. The molecule has 0 saturated carbocycles. The molecule has 3 N–H and O–H groups in total. The van der Waals surface area contributed by atoms with E-state index in [0.29, 0.717) is 36.6 Å². The van der Waals surface area contributed by atoms with Gasteiger partial charge in [-0.25, -0.2) is 4.79 Å². The summed E-state index contributed by atoms with van der Waals surface area (Å²) in [5, 5.41) is 24.0. The second-order valence-corrected chi connectivity index (χ2v) is 9.80. The first-order valence-corrected chi connectivity index (χ1v) is 12.4. The van der Waals surface area contributed by atoms with Crippen molar-refractivity contribution in [3.8, 4) is 11.4 Å². The van der Waals surface area contributed by atoms with Crippen molar-refractivity contribution in [1.29, 1.82) is 0 Å². The maximum Gasteiger partial charge on any atom is 0.414 e. The Bertz CT molecular complexity index is 1360. The number of nitrogens with one attached hydrogen (secondary N) is 3. The van der Waals surface area contributed by atoms with Crippen molar-refractivity contribution in [2.24, 2.45) is 16.1 Å². The van der Waals surface area contributed by atoms with Crippen molar-refractivity contribution in [2.45, 2.75) is 52.6 Å². The molecule has 206 valence electrons. The molecule has 1 unspecified atom stereocenters. The van der Waals surface area contributed by atoms with Gasteiger partial charge in [0.2, 0.25) is 23.5 Å². The molecule has 0 saturated heterocycles. The summed E-state index contributed by atoms with van der Waals surface area (Å²) in [6.07, 6.45) is 7.59. The molecule has 1 aliphatic heterocycles. The fourth-order valence-electron chi connectivity index (χ4n) is 3.74. The molecule has 2 aliphatic rings. The van der Waals surface area contributed by atoms with Gasteiger partial charge in [0.25, 0.3) is 5.91 Å². The Morgan fingerprint density at radius 1 is 1.10 bits per heavy atom. The molecule has 3 amide bonds. The van der Waals surface area contributed by atoms with Crippen molar-refractivity contribution >= 4 is 23.8 Å². The minimum atomic E-state index is -0.710. The summed E-state index contributed by atoms with van der Waals surface area (Å²) in [7, 11) is 0. The first kappa shape index (κ1) is 27.4. The monoisotopic (exact) mass is 538 g/mol. The van der Waals surface area contributed by atoms with Crippen LogP contribution in [-0.2, 0) is 20.7 Å². The normalized spacial score (nSPS) is 16.3. The van der Waals surface area contributed by atoms with Crippen LogP contribution in [0.3, 0.4) is 0 Å². The fourth-order valence-corrected chi connectivity index (χ4v) is 3.74. The number of fused-ring (bicyclic) bond motifs is 1. The van der Waals surface area contributed by atoms with Crippen LogP contribution in [-0.4, -0.2) is 51.9 Å². The van der Waals surface area contributed by atoms with Crippen LogP contribution in [0.1, 0.15) is 45.2 Å². The average Bonchev–Trinajstić information content (AvgIpc) is 3.48. The summed E-state index contributed by atoms with van der Waals surface area (Å²) in [4.78, 5) is 40.6. The van der Waals surface area contributed by atoms with Crippen LogP contribution in [0.2, 0.25) is 0 Å². The number of rotatable bonds is 10. The molecular weight excluding hydrogens is 508 g/mol. The number of ether oxygens (including phenoxy) is 1. The Morgan fingerprint density at radius 2 is 1.92 bits per heavy atom. The number of hydrogen-bond acceptors (Lipinski definition) is 11. The number of anilines is 1. The minimum Gasteiger partial charge on any atom is -0.444 e. The standard InChI is InChI=1S/C25H30N8O6/c1-14-19(23(39-32-14)29-24(36)37-25(2,3)4)21-28-18(38-33-21)11-10-17(34)26-12-7-13-27-20-15-8-5-6-9-16(15)22(35)31-30-20/h5-6,8-9,16,27H,7,10-13H2,1-4H3,(H,26,34)(H,29,36). The Hall–Kier alpha value is -4.62. The van der Waals surface area contributed by atoms with Gasteiger partial charge in [-0.05, 0) is 34.1 Å². The quantitative estimate of drug-likeness (QED) is 0.379. The molecular formula is C25H30N8O6. The Labute approximate surface area is 224 Å². The van der Waals surface area contributed by atoms with Gasteiger partial charge < -0.3 is 24.4 Å². The second-order valence-electron chi connectivity index (χ2n) is 9.80. The van der Waals surface area contributed by atoms with Crippen LogP contribution in [0.25, 0.3) is 11.4 Å². The van der Waals surface area contributed by atoms with Gasteiger partial charge in [-0.15, -0.1) is 10.2 Å². The third-order valence-electron chi connectivity index (χ3n) is 5.52. The third kappa shape index (κ3) is 7.24. The highest BCUT2D eigenvalue weighted by atomic mass is 16.6. The van der Waals surface area contributed by atoms with Gasteiger partial charge in [-0.3, -0.25) is 14.9 Å². The summed E-state index contributed by atoms with van der Waals surface area (Å²) in [6, 6.07) is 0. The molecule has 0 aromatic carbocycles. The van der Waals surface area contributed by atoms with E-state index in [1.54, 1.807) is 33.8 Å². The van der Waals surface area contributed by atoms with Gasteiger partial charge in [-0.1, -0.05) is 34.6 Å². The molecule has 14 nitrogen and oxygen atoms in total. The molecule has 1 atom stereocenters. The smallest absolute Gasteiger partial charge is 0.414 e. The number of amides is 3. The summed E-state index contributed by atoms with van der Waals surface area (Å²) < 4.78 is 15.7. The van der Waals surface area contributed by atoms with E-state index in [2.05, 4.69) is 41.5 Å². The van der Waals surface area contributed by atoms with Gasteiger partial charge >= 0.3 is 6.09 Å². The molecule has 39 heavy (non-hydrogen) atoms. The number of azo groups is 1. The predicted molar refractivity (Wildman–Crippen MR) is 137 cm³/mol. The maximum atomic E-state index is 12.3. The largest absolute Gasteiger partial charge is 0.444 e. The van der Waals surface area contributed by atoms with E-state index >= 15 is 0 Å². The van der Waals surface area contributed by atoms with Gasteiger partial charge in [0.15, 0.2) is 5.82 Å². The average molecular weight is 539 g/mol. The van der Waals surface area contributed by atoms with Crippen molar-refractivity contribution < 1.29 is 28.2 Å². The van der Waals surface area contributed by atoms with Gasteiger partial charge in [0.1, 0.15) is 11.2 Å². The van der Waals surface area contributed by atoms with Crippen LogP contribution in [0.15, 0.2) is 55.0 Å². The van der Waals surface area contributed by atoms with E-state index in [1.165, 1.54) is 0 Å². The number of aromatic nitrogens is 3. The molecule has 3 heterocycles. The first-order valence-electron chi connectivity index (χ1n) is 12.4. The van der Waals surface area contributed by atoms with Crippen LogP contribution in [0, 0.1) is 12.8 Å². The number of hydrogen-bond donors (Lipinski definition) is 3. The maximum absolute atomic E-state index is 12.3. The van der Waals surface area contributed by atoms with Gasteiger partial charge in [0.05, 0.1) is 11.6 Å². The fraction of sp³-hybridized carbons (Fsp3) is 0.440. The lowest BCUT2D eigenvalue weighted by Crippen LogP contribution is -2.28. The summed E-state index contributed by atoms with van der Waals surface area (Å²) in [5.74, 6) is 0.154.